The van der Waals surface area contributed by atoms with Crippen molar-refractivity contribution >= 4 is 38.1 Å². The second kappa shape index (κ2) is 11.8. The molecule has 0 aliphatic heterocycles. The van der Waals surface area contributed by atoms with Gasteiger partial charge in [0, 0.05) is 32.2 Å². The zero-order valence-electron chi connectivity index (χ0n) is 18.8. The van der Waals surface area contributed by atoms with Gasteiger partial charge in [0.1, 0.15) is 6.10 Å². The summed E-state index contributed by atoms with van der Waals surface area (Å²) in [5.41, 5.74) is 0.195. The van der Waals surface area contributed by atoms with E-state index in [2.05, 4.69) is 15.5 Å². The number of sulfonamides is 1. The van der Waals surface area contributed by atoms with Crippen LogP contribution < -0.4 is 5.32 Å². The molecule has 0 saturated heterocycles. The van der Waals surface area contributed by atoms with E-state index in [1.54, 1.807) is 0 Å². The first-order chi connectivity index (χ1) is 16.2. The predicted octanol–water partition coefficient (Wildman–Crippen LogP) is 2.21. The molecule has 1 aliphatic rings. The topological polar surface area (TPSA) is 130 Å². The highest BCUT2D eigenvalue weighted by Gasteiger charge is 2.28. The van der Waals surface area contributed by atoms with Crippen LogP contribution in [-0.2, 0) is 24.4 Å². The first kappa shape index (κ1) is 26.2. The summed E-state index contributed by atoms with van der Waals surface area (Å²) in [6, 6.07) is 5.54. The molecule has 3 rings (SSSR count). The highest BCUT2D eigenvalue weighted by molar-refractivity contribution is 7.89. The van der Waals surface area contributed by atoms with E-state index in [1.165, 1.54) is 31.3 Å². The molecule has 1 aromatic heterocycles. The molecule has 10 nitrogen and oxygen atoms in total. The van der Waals surface area contributed by atoms with Gasteiger partial charge < -0.3 is 14.7 Å². The van der Waals surface area contributed by atoms with Gasteiger partial charge in [0.25, 0.3) is 5.91 Å². The number of benzene rings is 1. The van der Waals surface area contributed by atoms with Crippen LogP contribution in [0.15, 0.2) is 40.5 Å². The van der Waals surface area contributed by atoms with Crippen molar-refractivity contribution in [1.29, 1.82) is 0 Å². The van der Waals surface area contributed by atoms with Gasteiger partial charge in [-0.1, -0.05) is 28.6 Å². The molecule has 2 atom stereocenters. The zero-order chi connectivity index (χ0) is 24.7. The Labute approximate surface area is 201 Å². The van der Waals surface area contributed by atoms with Gasteiger partial charge in [0.05, 0.1) is 23.8 Å². The molecule has 1 amide bonds. The van der Waals surface area contributed by atoms with Crippen LogP contribution >= 0.6 is 11.3 Å². The SMILES string of the molecule is CCO[C@@H]1CC[C@@H](ON=C(C(=O)Nc2ncc(F)s2)c2ccc(S(=O)(=O)N(C)CCO)cc2)C1. The van der Waals surface area contributed by atoms with Gasteiger partial charge in [-0.15, -0.1) is 0 Å². The molecule has 2 N–H and O–H groups in total. The molecule has 2 aromatic rings. The quantitative estimate of drug-likeness (QED) is 0.347. The Morgan fingerprint density at radius 2 is 2.03 bits per heavy atom. The highest BCUT2D eigenvalue weighted by atomic mass is 32.2. The summed E-state index contributed by atoms with van der Waals surface area (Å²) in [5.74, 6) is -0.679. The van der Waals surface area contributed by atoms with Crippen LogP contribution in [0.1, 0.15) is 31.7 Å². The Morgan fingerprint density at radius 3 is 2.65 bits per heavy atom. The monoisotopic (exact) mass is 514 g/mol. The lowest BCUT2D eigenvalue weighted by molar-refractivity contribution is -0.110. The smallest absolute Gasteiger partial charge is 0.280 e. The van der Waals surface area contributed by atoms with E-state index >= 15 is 0 Å². The molecule has 0 radical (unpaired) electrons. The van der Waals surface area contributed by atoms with Gasteiger partial charge in [-0.25, -0.2) is 13.4 Å². The Hall–Kier alpha value is -2.45. The number of hydrogen-bond acceptors (Lipinski definition) is 9. The van der Waals surface area contributed by atoms with E-state index in [-0.39, 0.29) is 41.1 Å². The average molecular weight is 515 g/mol. The van der Waals surface area contributed by atoms with E-state index in [1.807, 2.05) is 6.92 Å². The fourth-order valence-electron chi connectivity index (χ4n) is 3.43. The number of carbonyl (C=O) groups is 1. The number of amides is 1. The number of rotatable bonds is 11. The number of nitrogens with one attached hydrogen (secondary N) is 1. The molecule has 0 bridgehead atoms. The summed E-state index contributed by atoms with van der Waals surface area (Å²) >= 11 is 0.664. The summed E-state index contributed by atoms with van der Waals surface area (Å²) in [6.07, 6.45) is 3.00. The molecule has 1 aliphatic carbocycles. The normalized spacial score (nSPS) is 18.9. The van der Waals surface area contributed by atoms with Crippen LogP contribution in [0.5, 0.6) is 0 Å². The highest BCUT2D eigenvalue weighted by Crippen LogP contribution is 2.25. The summed E-state index contributed by atoms with van der Waals surface area (Å²) in [5, 5.41) is 15.1. The van der Waals surface area contributed by atoms with Crippen molar-refractivity contribution in [2.24, 2.45) is 5.16 Å². The van der Waals surface area contributed by atoms with Gasteiger partial charge in [-0.2, -0.15) is 8.70 Å². The fraction of sp³-hybridized carbons (Fsp3) is 0.476. The maximum atomic E-state index is 13.3. The van der Waals surface area contributed by atoms with Crippen LogP contribution in [0, 0.1) is 5.13 Å². The van der Waals surface area contributed by atoms with Crippen molar-refractivity contribution in [1.82, 2.24) is 9.29 Å². The minimum absolute atomic E-state index is 0.00906. The third kappa shape index (κ3) is 6.57. The lowest BCUT2D eigenvalue weighted by atomic mass is 10.1. The number of carbonyl (C=O) groups excluding carboxylic acids is 1. The number of anilines is 1. The lowest BCUT2D eigenvalue weighted by Gasteiger charge is -2.16. The van der Waals surface area contributed by atoms with Crippen molar-refractivity contribution in [2.75, 3.05) is 32.1 Å². The van der Waals surface area contributed by atoms with Gasteiger partial charge in [0.15, 0.2) is 16.0 Å². The molecule has 0 spiro atoms. The number of oxime groups is 1. The van der Waals surface area contributed by atoms with Crippen LogP contribution in [0.3, 0.4) is 0 Å². The van der Waals surface area contributed by atoms with Crippen LogP contribution in [0.2, 0.25) is 0 Å². The number of aliphatic hydroxyl groups excluding tert-OH is 1. The largest absolute Gasteiger partial charge is 0.395 e. The van der Waals surface area contributed by atoms with Crippen molar-refractivity contribution in [3.8, 4) is 0 Å². The number of aliphatic hydroxyl groups is 1. The summed E-state index contributed by atoms with van der Waals surface area (Å²) < 4.78 is 45.1. The molecular formula is C21H27FN4O6S2. The maximum absolute atomic E-state index is 13.3. The van der Waals surface area contributed by atoms with Crippen LogP contribution in [0.4, 0.5) is 9.52 Å². The Kier molecular flexibility index (Phi) is 9.08. The van der Waals surface area contributed by atoms with Crippen LogP contribution in [0.25, 0.3) is 0 Å². The summed E-state index contributed by atoms with van der Waals surface area (Å²) in [7, 11) is -2.45. The van der Waals surface area contributed by atoms with Gasteiger partial charge in [-0.05, 0) is 31.9 Å². The van der Waals surface area contributed by atoms with Crippen molar-refractivity contribution < 1.29 is 32.3 Å². The Balaban J connectivity index is 1.83. The number of nitrogens with zero attached hydrogens (tertiary/aromatic N) is 3. The van der Waals surface area contributed by atoms with Gasteiger partial charge >= 0.3 is 0 Å². The van der Waals surface area contributed by atoms with Gasteiger partial charge in [0.2, 0.25) is 10.0 Å². The molecule has 186 valence electrons. The molecule has 34 heavy (non-hydrogen) atoms. The molecule has 1 aromatic carbocycles. The average Bonchev–Trinajstić information content (AvgIpc) is 3.43. The second-order valence-electron chi connectivity index (χ2n) is 7.56. The Morgan fingerprint density at radius 1 is 1.32 bits per heavy atom. The van der Waals surface area contributed by atoms with E-state index < -0.39 is 21.1 Å². The first-order valence-electron chi connectivity index (χ1n) is 10.7. The fourth-order valence-corrected chi connectivity index (χ4v) is 5.13. The standard InChI is InChI=1S/C21H27FN4O6S2/c1-3-31-15-6-7-16(12-15)32-25-19(20(28)24-21-23-13-18(22)33-21)14-4-8-17(9-5-14)34(29,30)26(2)10-11-27/h4-5,8-9,13,15-16,27H,3,6-7,10-12H2,1-2H3,(H,23,24,28)/t15-,16-/m1/s1. The first-order valence-corrected chi connectivity index (χ1v) is 13.0. The van der Waals surface area contributed by atoms with Crippen molar-refractivity contribution in [3.63, 3.8) is 0 Å². The summed E-state index contributed by atoms with van der Waals surface area (Å²) in [6.45, 7) is 2.15. The zero-order valence-corrected chi connectivity index (χ0v) is 20.4. The lowest BCUT2D eigenvalue weighted by Crippen LogP contribution is -2.29. The third-order valence-electron chi connectivity index (χ3n) is 5.20. The third-order valence-corrected chi connectivity index (χ3v) is 7.77. The summed E-state index contributed by atoms with van der Waals surface area (Å²) in [4.78, 5) is 22.3. The Bertz CT molecular complexity index is 1110. The number of ether oxygens (including phenoxy) is 1. The molecule has 1 saturated carbocycles. The molecule has 13 heteroatoms. The van der Waals surface area contributed by atoms with E-state index in [4.69, 9.17) is 14.7 Å². The van der Waals surface area contributed by atoms with E-state index in [9.17, 15) is 17.6 Å². The molecular weight excluding hydrogens is 487 g/mol. The minimum atomic E-state index is -3.81. The second-order valence-corrected chi connectivity index (χ2v) is 10.6. The van der Waals surface area contributed by atoms with Crippen molar-refractivity contribution in [2.45, 2.75) is 43.3 Å². The molecule has 0 unspecified atom stereocenters. The van der Waals surface area contributed by atoms with Gasteiger partial charge in [-0.3, -0.25) is 10.1 Å². The van der Waals surface area contributed by atoms with Crippen molar-refractivity contribution in [3.05, 3.63) is 41.2 Å². The number of thiazole rings is 1. The van der Waals surface area contributed by atoms with Crippen LogP contribution in [-0.4, -0.2) is 73.4 Å². The number of halogens is 1. The molecule has 1 fully saturated rings. The van der Waals surface area contributed by atoms with E-state index in [0.29, 0.717) is 29.9 Å². The minimum Gasteiger partial charge on any atom is -0.395 e. The number of aromatic nitrogens is 1. The number of likely N-dealkylation sites (N-methyl/N-ethyl adjacent to an activating group) is 1. The van der Waals surface area contributed by atoms with E-state index in [0.717, 1.165) is 23.3 Å². The predicted molar refractivity (Wildman–Crippen MR) is 125 cm³/mol. The molecule has 1 heterocycles. The number of hydrogen-bond donors (Lipinski definition) is 2. The maximum Gasteiger partial charge on any atom is 0.280 e.